The zero-order valence-corrected chi connectivity index (χ0v) is 10.6. The van der Waals surface area contributed by atoms with Crippen LogP contribution in [0.1, 0.15) is 5.82 Å². The minimum Gasteiger partial charge on any atom is -0.467 e. The molecule has 19 heavy (non-hydrogen) atoms. The van der Waals surface area contributed by atoms with Gasteiger partial charge < -0.3 is 20.9 Å². The van der Waals surface area contributed by atoms with Crippen molar-refractivity contribution >= 4 is 17.9 Å². The molecule has 0 saturated carbocycles. The van der Waals surface area contributed by atoms with Crippen molar-refractivity contribution in [3.05, 3.63) is 5.82 Å². The van der Waals surface area contributed by atoms with Crippen LogP contribution in [-0.2, 0) is 20.8 Å². The maximum atomic E-state index is 11.4. The predicted molar refractivity (Wildman–Crippen MR) is 65.7 cm³/mol. The zero-order chi connectivity index (χ0) is 13.8. The lowest BCUT2D eigenvalue weighted by molar-refractivity contribution is -0.160. The molecule has 9 heteroatoms. The molecule has 1 saturated heterocycles. The van der Waals surface area contributed by atoms with Gasteiger partial charge in [0.05, 0.1) is 20.3 Å². The number of nitrogens with zero attached hydrogens (tertiary/aromatic N) is 4. The fourth-order valence-corrected chi connectivity index (χ4v) is 1.85. The van der Waals surface area contributed by atoms with Gasteiger partial charge >= 0.3 is 5.97 Å². The first-order valence-corrected chi connectivity index (χ1v) is 5.76. The molecule has 0 amide bonds. The van der Waals surface area contributed by atoms with Crippen LogP contribution in [0, 0.1) is 0 Å². The molecule has 1 aliphatic heterocycles. The average molecular weight is 268 g/mol. The molecule has 0 spiro atoms. The summed E-state index contributed by atoms with van der Waals surface area (Å²) in [7, 11) is 1.33. The Morgan fingerprint density at radius 3 is 2.74 bits per heavy atom. The Hall–Kier alpha value is -2.00. The number of anilines is 2. The summed E-state index contributed by atoms with van der Waals surface area (Å²) >= 11 is 0. The van der Waals surface area contributed by atoms with E-state index >= 15 is 0 Å². The number of morpholine rings is 1. The van der Waals surface area contributed by atoms with Crippen molar-refractivity contribution < 1.29 is 14.3 Å². The van der Waals surface area contributed by atoms with Crippen LogP contribution in [0.2, 0.25) is 0 Å². The minimum atomic E-state index is -0.588. The summed E-state index contributed by atoms with van der Waals surface area (Å²) in [5.74, 6) is 0.246. The van der Waals surface area contributed by atoms with Gasteiger partial charge in [0.25, 0.3) is 0 Å². The second-order valence-corrected chi connectivity index (χ2v) is 4.09. The lowest BCUT2D eigenvalue weighted by atomic mass is 10.2. The lowest BCUT2D eigenvalue weighted by Gasteiger charge is -2.30. The smallest absolute Gasteiger partial charge is 0.336 e. The molecule has 1 atom stereocenters. The van der Waals surface area contributed by atoms with Gasteiger partial charge in [0, 0.05) is 13.1 Å². The van der Waals surface area contributed by atoms with E-state index in [1.54, 1.807) is 0 Å². The molecule has 104 valence electrons. The summed E-state index contributed by atoms with van der Waals surface area (Å²) in [6, 6.07) is 0. The van der Waals surface area contributed by atoms with Crippen LogP contribution in [0.25, 0.3) is 0 Å². The molecule has 0 bridgehead atoms. The number of carbonyl (C=O) groups excluding carboxylic acids is 1. The molecular weight excluding hydrogens is 252 g/mol. The molecule has 1 aromatic heterocycles. The summed E-state index contributed by atoms with van der Waals surface area (Å²) in [6.45, 7) is 1.95. The Balaban J connectivity index is 2.00. The van der Waals surface area contributed by atoms with Crippen molar-refractivity contribution in [2.24, 2.45) is 0 Å². The molecule has 0 aliphatic carbocycles. The number of hydrogen-bond acceptors (Lipinski definition) is 9. The highest BCUT2D eigenvalue weighted by molar-refractivity contribution is 5.74. The molecule has 9 nitrogen and oxygen atoms in total. The largest absolute Gasteiger partial charge is 0.467 e. The quantitative estimate of drug-likeness (QED) is 0.623. The Morgan fingerprint density at radius 1 is 1.42 bits per heavy atom. The van der Waals surface area contributed by atoms with Gasteiger partial charge in [-0.15, -0.1) is 0 Å². The third-order valence-electron chi connectivity index (χ3n) is 2.70. The van der Waals surface area contributed by atoms with E-state index in [4.69, 9.17) is 16.2 Å². The molecule has 1 aromatic rings. The maximum Gasteiger partial charge on any atom is 0.336 e. The van der Waals surface area contributed by atoms with Gasteiger partial charge in [0.15, 0.2) is 6.10 Å². The fraction of sp³-hybridized carbons (Fsp3) is 0.600. The number of esters is 1. The molecular formula is C10H16N6O3. The Morgan fingerprint density at radius 2 is 2.11 bits per heavy atom. The van der Waals surface area contributed by atoms with Gasteiger partial charge in [-0.1, -0.05) is 0 Å². The van der Waals surface area contributed by atoms with Gasteiger partial charge in [-0.3, -0.25) is 4.90 Å². The fourth-order valence-electron chi connectivity index (χ4n) is 1.85. The summed E-state index contributed by atoms with van der Waals surface area (Å²) in [5, 5.41) is 0. The van der Waals surface area contributed by atoms with Gasteiger partial charge in [0.1, 0.15) is 5.82 Å². The van der Waals surface area contributed by atoms with E-state index in [9.17, 15) is 4.79 Å². The molecule has 1 fully saturated rings. The molecule has 1 aliphatic rings. The monoisotopic (exact) mass is 268 g/mol. The lowest BCUT2D eigenvalue weighted by Crippen LogP contribution is -2.46. The van der Waals surface area contributed by atoms with E-state index in [1.807, 2.05) is 4.90 Å². The Bertz CT molecular complexity index is 448. The van der Waals surface area contributed by atoms with Crippen molar-refractivity contribution in [3.8, 4) is 0 Å². The van der Waals surface area contributed by atoms with Crippen LogP contribution in [0.5, 0.6) is 0 Å². The molecule has 0 radical (unpaired) electrons. The van der Waals surface area contributed by atoms with E-state index in [-0.39, 0.29) is 17.9 Å². The van der Waals surface area contributed by atoms with Crippen LogP contribution in [0.3, 0.4) is 0 Å². The summed E-state index contributed by atoms with van der Waals surface area (Å²) < 4.78 is 9.98. The molecule has 1 unspecified atom stereocenters. The van der Waals surface area contributed by atoms with Crippen LogP contribution in [0.15, 0.2) is 0 Å². The highest BCUT2D eigenvalue weighted by atomic mass is 16.6. The number of ether oxygens (including phenoxy) is 2. The van der Waals surface area contributed by atoms with Crippen molar-refractivity contribution in [2.45, 2.75) is 12.6 Å². The minimum absolute atomic E-state index is 0.0836. The van der Waals surface area contributed by atoms with E-state index in [2.05, 4.69) is 19.7 Å². The molecule has 0 aromatic carbocycles. The zero-order valence-electron chi connectivity index (χ0n) is 10.6. The topological polar surface area (TPSA) is 129 Å². The first-order valence-electron chi connectivity index (χ1n) is 5.76. The number of methoxy groups -OCH3 is 1. The van der Waals surface area contributed by atoms with Gasteiger partial charge in [-0.25, -0.2) is 4.79 Å². The predicted octanol–water partition coefficient (Wildman–Crippen LogP) is -1.59. The number of nitrogens with two attached hydrogens (primary N) is 2. The standard InChI is InChI=1S/C10H16N6O3/c1-18-8(17)6-4-16(2-3-19-6)5-7-13-9(11)15-10(12)14-7/h6H,2-5H2,1H3,(H4,11,12,13,14,15). The second-order valence-electron chi connectivity index (χ2n) is 4.09. The summed E-state index contributed by atoms with van der Waals surface area (Å²) in [6.07, 6.45) is -0.588. The van der Waals surface area contributed by atoms with Crippen LogP contribution in [-0.4, -0.2) is 58.7 Å². The van der Waals surface area contributed by atoms with Crippen LogP contribution < -0.4 is 11.5 Å². The highest BCUT2D eigenvalue weighted by Crippen LogP contribution is 2.10. The van der Waals surface area contributed by atoms with Gasteiger partial charge in [-0.2, -0.15) is 15.0 Å². The van der Waals surface area contributed by atoms with E-state index < -0.39 is 6.10 Å². The Kier molecular flexibility index (Phi) is 4.07. The average Bonchev–Trinajstić information content (AvgIpc) is 2.37. The molecule has 2 rings (SSSR count). The third-order valence-corrected chi connectivity index (χ3v) is 2.70. The summed E-state index contributed by atoms with van der Waals surface area (Å²) in [5.41, 5.74) is 11.0. The van der Waals surface area contributed by atoms with Crippen LogP contribution in [0.4, 0.5) is 11.9 Å². The number of hydrogen-bond donors (Lipinski definition) is 2. The van der Waals surface area contributed by atoms with Crippen molar-refractivity contribution in [1.82, 2.24) is 19.9 Å². The number of aromatic nitrogens is 3. The third kappa shape index (κ3) is 3.48. The van der Waals surface area contributed by atoms with Crippen molar-refractivity contribution in [2.75, 3.05) is 38.3 Å². The Labute approximate surface area is 109 Å². The van der Waals surface area contributed by atoms with Gasteiger partial charge in [-0.05, 0) is 0 Å². The number of carbonyl (C=O) groups is 1. The first-order chi connectivity index (χ1) is 9.08. The molecule has 4 N–H and O–H groups in total. The van der Waals surface area contributed by atoms with Crippen molar-refractivity contribution in [1.29, 1.82) is 0 Å². The second kappa shape index (κ2) is 5.76. The number of rotatable bonds is 3. The molecule has 2 heterocycles. The number of nitrogen functional groups attached to an aromatic ring is 2. The first kappa shape index (κ1) is 13.4. The van der Waals surface area contributed by atoms with E-state index in [1.165, 1.54) is 7.11 Å². The SMILES string of the molecule is COC(=O)C1CN(Cc2nc(N)nc(N)n2)CCO1. The van der Waals surface area contributed by atoms with Crippen LogP contribution >= 0.6 is 0 Å². The van der Waals surface area contributed by atoms with Gasteiger partial charge in [0.2, 0.25) is 11.9 Å². The van der Waals surface area contributed by atoms with E-state index in [0.717, 1.165) is 0 Å². The highest BCUT2D eigenvalue weighted by Gasteiger charge is 2.27. The summed E-state index contributed by atoms with van der Waals surface area (Å²) in [4.78, 5) is 25.1. The normalized spacial score (nSPS) is 20.2. The van der Waals surface area contributed by atoms with Crippen molar-refractivity contribution in [3.63, 3.8) is 0 Å². The maximum absolute atomic E-state index is 11.4. The van der Waals surface area contributed by atoms with E-state index in [0.29, 0.717) is 32.1 Å².